The van der Waals surface area contributed by atoms with Crippen LogP contribution in [0.2, 0.25) is 0 Å². The Kier molecular flexibility index (Phi) is 10.0. The fourth-order valence-electron chi connectivity index (χ4n) is 7.98. The van der Waals surface area contributed by atoms with Crippen molar-refractivity contribution in [2.24, 2.45) is 23.7 Å². The first-order chi connectivity index (χ1) is 25.2. The molecular weight excluding hydrogens is 650 g/mol. The molecule has 4 atom stereocenters. The fraction of sp³-hybridized carbons (Fsp3) is 0.250. The SMILES string of the molecule is CC(C)C1=C([C@H](O)CC/C(=C/c2ccc(O)c3ccccc23)c2ccccn2)[C@H](CO)[C@@H]2C(=O)N(c3ccc(Nc4ccccc4)cc3)C(=O)[C@@H]2C1. The Balaban J connectivity index is 1.16. The molecule has 0 spiro atoms. The molecule has 264 valence electrons. The van der Waals surface area contributed by atoms with Crippen LogP contribution in [-0.4, -0.2) is 44.8 Å². The molecule has 1 saturated heterocycles. The average Bonchev–Trinajstić information content (AvgIpc) is 3.42. The third kappa shape index (κ3) is 6.75. The van der Waals surface area contributed by atoms with Crippen LogP contribution < -0.4 is 10.2 Å². The van der Waals surface area contributed by atoms with Crippen molar-refractivity contribution in [3.8, 4) is 5.75 Å². The van der Waals surface area contributed by atoms with Crippen molar-refractivity contribution >= 4 is 51.3 Å². The molecule has 8 nitrogen and oxygen atoms in total. The standard InChI is InChI=1S/C44H43N3O5/c1-27(2)35-25-36-42(44(52)47(43(36)51)32-19-17-31(18-20-32)46-30-10-4-3-5-11-30)37(26-48)41(35)40(50)22-16-29(38-14-8-9-23-45-38)24-28-15-21-39(49)34-13-7-6-12-33(28)34/h3-15,17-21,23-24,27,36-37,40,42,46,48-50H,16,22,25-26H2,1-2H3/b29-24-/t36-,37+,40-,42-/m1/s1. The van der Waals surface area contributed by atoms with E-state index in [1.54, 1.807) is 24.4 Å². The summed E-state index contributed by atoms with van der Waals surface area (Å²) in [5.74, 6) is -2.52. The molecule has 0 unspecified atom stereocenters. The molecular formula is C44H43N3O5. The number of aromatic hydroxyl groups is 1. The van der Waals surface area contributed by atoms with Crippen molar-refractivity contribution in [2.45, 2.75) is 39.2 Å². The number of para-hydroxylation sites is 1. The van der Waals surface area contributed by atoms with Gasteiger partial charge in [-0.3, -0.25) is 19.5 Å². The lowest BCUT2D eigenvalue weighted by atomic mass is 9.66. The molecule has 4 aromatic carbocycles. The van der Waals surface area contributed by atoms with Crippen molar-refractivity contribution in [2.75, 3.05) is 16.8 Å². The van der Waals surface area contributed by atoms with Crippen molar-refractivity contribution in [3.63, 3.8) is 0 Å². The minimum Gasteiger partial charge on any atom is -0.507 e. The van der Waals surface area contributed by atoms with Crippen LogP contribution in [0.3, 0.4) is 0 Å². The molecule has 0 saturated carbocycles. The summed E-state index contributed by atoms with van der Waals surface area (Å²) in [5, 5.41) is 38.4. The van der Waals surface area contributed by atoms with E-state index >= 15 is 0 Å². The maximum Gasteiger partial charge on any atom is 0.238 e. The number of carbonyl (C=O) groups excluding carboxylic acids is 2. The van der Waals surface area contributed by atoms with E-state index in [4.69, 9.17) is 0 Å². The van der Waals surface area contributed by atoms with Gasteiger partial charge in [0.1, 0.15) is 5.75 Å². The van der Waals surface area contributed by atoms with Gasteiger partial charge in [0.2, 0.25) is 11.8 Å². The number of aliphatic hydroxyl groups excluding tert-OH is 2. The lowest BCUT2D eigenvalue weighted by Crippen LogP contribution is -2.39. The number of phenolic OH excluding ortho intramolecular Hbond substituents is 1. The first kappa shape index (κ1) is 34.9. The van der Waals surface area contributed by atoms with Crippen LogP contribution in [0.5, 0.6) is 5.75 Å². The molecule has 1 aliphatic carbocycles. The van der Waals surface area contributed by atoms with E-state index in [1.165, 1.54) is 4.90 Å². The molecule has 5 aromatic rings. The second-order valence-corrected chi connectivity index (χ2v) is 14.0. The highest BCUT2D eigenvalue weighted by molar-refractivity contribution is 6.22. The summed E-state index contributed by atoms with van der Waals surface area (Å²) in [7, 11) is 0. The Bertz CT molecular complexity index is 2140. The van der Waals surface area contributed by atoms with Gasteiger partial charge in [-0.25, -0.2) is 0 Å². The number of phenols is 1. The van der Waals surface area contributed by atoms with Crippen LogP contribution in [0.4, 0.5) is 17.1 Å². The van der Waals surface area contributed by atoms with Crippen molar-refractivity contribution in [3.05, 3.63) is 138 Å². The number of nitrogens with one attached hydrogen (secondary N) is 1. The molecule has 4 N–H and O–H groups in total. The molecule has 1 fully saturated rings. The molecule has 7 rings (SSSR count). The number of benzene rings is 4. The Morgan fingerprint density at radius 1 is 0.865 bits per heavy atom. The van der Waals surface area contributed by atoms with Crippen LogP contribution >= 0.6 is 0 Å². The molecule has 2 amide bonds. The number of aliphatic hydroxyl groups is 2. The predicted molar refractivity (Wildman–Crippen MR) is 206 cm³/mol. The van der Waals surface area contributed by atoms with E-state index in [9.17, 15) is 24.9 Å². The highest BCUT2D eigenvalue weighted by atomic mass is 16.3. The summed E-state index contributed by atoms with van der Waals surface area (Å²) in [6.45, 7) is 3.70. The number of hydrogen-bond acceptors (Lipinski definition) is 7. The number of allylic oxidation sites excluding steroid dienone is 2. The molecule has 0 radical (unpaired) electrons. The topological polar surface area (TPSA) is 123 Å². The van der Waals surface area contributed by atoms with Gasteiger partial charge in [-0.15, -0.1) is 0 Å². The van der Waals surface area contributed by atoms with Gasteiger partial charge < -0.3 is 20.6 Å². The van der Waals surface area contributed by atoms with Crippen LogP contribution in [0.1, 0.15) is 44.4 Å². The van der Waals surface area contributed by atoms with Crippen LogP contribution in [0, 0.1) is 23.7 Å². The van der Waals surface area contributed by atoms with E-state index in [0.29, 0.717) is 30.5 Å². The largest absolute Gasteiger partial charge is 0.507 e. The second-order valence-electron chi connectivity index (χ2n) is 14.0. The lowest BCUT2D eigenvalue weighted by molar-refractivity contribution is -0.123. The maximum absolute atomic E-state index is 14.2. The van der Waals surface area contributed by atoms with Gasteiger partial charge in [-0.1, -0.05) is 74.0 Å². The number of fused-ring (bicyclic) bond motifs is 2. The van der Waals surface area contributed by atoms with E-state index in [0.717, 1.165) is 44.6 Å². The summed E-state index contributed by atoms with van der Waals surface area (Å²) < 4.78 is 0. The van der Waals surface area contributed by atoms with Crippen molar-refractivity contribution < 1.29 is 24.9 Å². The summed E-state index contributed by atoms with van der Waals surface area (Å²) in [6, 6.07) is 33.9. The average molecular weight is 694 g/mol. The Labute approximate surface area is 303 Å². The van der Waals surface area contributed by atoms with E-state index in [1.807, 2.05) is 111 Å². The number of hydrogen-bond donors (Lipinski definition) is 4. The van der Waals surface area contributed by atoms with Gasteiger partial charge in [-0.2, -0.15) is 0 Å². The molecule has 0 bridgehead atoms. The summed E-state index contributed by atoms with van der Waals surface area (Å²) in [5.41, 5.74) is 6.41. The molecule has 1 aliphatic heterocycles. The zero-order valence-corrected chi connectivity index (χ0v) is 29.3. The normalized spacial score (nSPS) is 19.8. The van der Waals surface area contributed by atoms with Crippen molar-refractivity contribution in [1.82, 2.24) is 4.98 Å². The Morgan fingerprint density at radius 3 is 2.25 bits per heavy atom. The highest BCUT2D eigenvalue weighted by Gasteiger charge is 2.55. The number of carbonyl (C=O) groups is 2. The van der Waals surface area contributed by atoms with Gasteiger partial charge in [0.15, 0.2) is 0 Å². The quantitative estimate of drug-likeness (QED) is 0.0814. The Hall–Kier alpha value is -5.57. The van der Waals surface area contributed by atoms with Gasteiger partial charge in [0.05, 0.1) is 35.9 Å². The van der Waals surface area contributed by atoms with E-state index in [2.05, 4.69) is 10.3 Å². The minimum absolute atomic E-state index is 0.00545. The molecule has 2 heterocycles. The number of imide groups is 1. The first-order valence-corrected chi connectivity index (χ1v) is 17.9. The zero-order valence-electron chi connectivity index (χ0n) is 29.3. The second kappa shape index (κ2) is 15.0. The number of anilines is 3. The van der Waals surface area contributed by atoms with Crippen LogP contribution in [-0.2, 0) is 9.59 Å². The first-order valence-electron chi connectivity index (χ1n) is 17.9. The van der Waals surface area contributed by atoms with Crippen molar-refractivity contribution in [1.29, 1.82) is 0 Å². The lowest BCUT2D eigenvalue weighted by Gasteiger charge is -2.38. The van der Waals surface area contributed by atoms with Gasteiger partial charge in [0.25, 0.3) is 0 Å². The number of aromatic nitrogens is 1. The molecule has 8 heteroatoms. The van der Waals surface area contributed by atoms with Gasteiger partial charge in [0, 0.05) is 28.9 Å². The molecule has 2 aliphatic rings. The van der Waals surface area contributed by atoms with Gasteiger partial charge in [-0.05, 0) is 108 Å². The Morgan fingerprint density at radius 2 is 1.56 bits per heavy atom. The number of rotatable bonds is 11. The monoisotopic (exact) mass is 693 g/mol. The third-order valence-corrected chi connectivity index (χ3v) is 10.5. The number of pyridine rings is 1. The minimum atomic E-state index is -0.959. The van der Waals surface area contributed by atoms with E-state index in [-0.39, 0.29) is 30.1 Å². The smallest absolute Gasteiger partial charge is 0.238 e. The molecule has 52 heavy (non-hydrogen) atoms. The zero-order chi connectivity index (χ0) is 36.4. The third-order valence-electron chi connectivity index (χ3n) is 10.5. The van der Waals surface area contributed by atoms with Crippen LogP contribution in [0.15, 0.2) is 127 Å². The van der Waals surface area contributed by atoms with E-state index < -0.39 is 23.9 Å². The highest BCUT2D eigenvalue weighted by Crippen LogP contribution is 2.49. The van der Waals surface area contributed by atoms with Gasteiger partial charge >= 0.3 is 0 Å². The maximum atomic E-state index is 14.2. The summed E-state index contributed by atoms with van der Waals surface area (Å²) in [6.07, 6.45) is 3.95. The summed E-state index contributed by atoms with van der Waals surface area (Å²) in [4.78, 5) is 34.0. The summed E-state index contributed by atoms with van der Waals surface area (Å²) >= 11 is 0. The number of amides is 2. The number of nitrogens with zero attached hydrogens (tertiary/aromatic N) is 2. The molecule has 1 aromatic heterocycles. The predicted octanol–water partition coefficient (Wildman–Crippen LogP) is 8.14. The fourth-order valence-corrected chi connectivity index (χ4v) is 7.98. The van der Waals surface area contributed by atoms with Crippen LogP contribution in [0.25, 0.3) is 22.4 Å².